The Hall–Kier alpha value is -3.53. The molecule has 0 atom stereocenters. The molecule has 0 aromatic carbocycles. The topological polar surface area (TPSA) is 119 Å². The van der Waals surface area contributed by atoms with Crippen molar-refractivity contribution in [3.8, 4) is 5.75 Å². The zero-order chi connectivity index (χ0) is 22.8. The van der Waals surface area contributed by atoms with Crippen molar-refractivity contribution in [1.29, 1.82) is 0 Å². The number of fused-ring (bicyclic) bond motifs is 2. The lowest BCUT2D eigenvalue weighted by atomic mass is 9.86. The first-order valence-electron chi connectivity index (χ1n) is 11.2. The van der Waals surface area contributed by atoms with Gasteiger partial charge in [-0.2, -0.15) is 4.99 Å². The molecule has 0 bridgehead atoms. The molecule has 10 heteroatoms. The normalized spacial score (nSPS) is 22.5. The molecule has 0 spiro atoms. The minimum absolute atomic E-state index is 0.0391. The number of aromatic nitrogens is 2. The fourth-order valence-corrected chi connectivity index (χ4v) is 4.38. The zero-order valence-electron chi connectivity index (χ0n) is 18.4. The zero-order valence-corrected chi connectivity index (χ0v) is 18.4. The summed E-state index contributed by atoms with van der Waals surface area (Å²) in [5.41, 5.74) is 1.40. The number of nitrogens with one attached hydrogen (secondary N) is 2. The van der Waals surface area contributed by atoms with Crippen LogP contribution in [0.3, 0.4) is 0 Å². The molecule has 5 rings (SSSR count). The summed E-state index contributed by atoms with van der Waals surface area (Å²) in [6.07, 6.45) is 7.51. The van der Waals surface area contributed by atoms with E-state index < -0.39 is 0 Å². The lowest BCUT2D eigenvalue weighted by molar-refractivity contribution is -0.121. The van der Waals surface area contributed by atoms with Crippen LogP contribution in [0.15, 0.2) is 51.1 Å². The maximum Gasteiger partial charge on any atom is 0.285 e. The second-order valence-corrected chi connectivity index (χ2v) is 8.52. The van der Waals surface area contributed by atoms with Crippen molar-refractivity contribution in [2.24, 2.45) is 23.0 Å². The van der Waals surface area contributed by atoms with E-state index in [1.165, 1.54) is 6.07 Å². The van der Waals surface area contributed by atoms with E-state index in [1.807, 2.05) is 6.07 Å². The Labute approximate surface area is 190 Å². The third-order valence-electron chi connectivity index (χ3n) is 6.27. The third kappa shape index (κ3) is 4.65. The second kappa shape index (κ2) is 9.14. The molecule has 1 fully saturated rings. The van der Waals surface area contributed by atoms with E-state index in [0.29, 0.717) is 42.5 Å². The molecule has 0 radical (unpaired) electrons. The Morgan fingerprint density at radius 3 is 2.91 bits per heavy atom. The van der Waals surface area contributed by atoms with E-state index in [0.717, 1.165) is 42.6 Å². The van der Waals surface area contributed by atoms with Gasteiger partial charge in [0.1, 0.15) is 17.1 Å². The maximum absolute atomic E-state index is 12.0. The number of pyridine rings is 2. The maximum atomic E-state index is 12.0. The molecule has 3 aliphatic rings. The highest BCUT2D eigenvalue weighted by Crippen LogP contribution is 2.27. The van der Waals surface area contributed by atoms with Crippen molar-refractivity contribution >= 4 is 28.6 Å². The van der Waals surface area contributed by atoms with E-state index in [4.69, 9.17) is 9.47 Å². The van der Waals surface area contributed by atoms with Crippen LogP contribution in [0.1, 0.15) is 25.7 Å². The number of hydrogen-bond donors (Lipinski definition) is 2. The summed E-state index contributed by atoms with van der Waals surface area (Å²) in [7, 11) is 1.74. The molecule has 33 heavy (non-hydrogen) atoms. The molecule has 0 unspecified atom stereocenters. The smallest absolute Gasteiger partial charge is 0.285 e. The van der Waals surface area contributed by atoms with Crippen LogP contribution in [0.5, 0.6) is 5.75 Å². The van der Waals surface area contributed by atoms with E-state index >= 15 is 0 Å². The second-order valence-electron chi connectivity index (χ2n) is 8.52. The van der Waals surface area contributed by atoms with Gasteiger partial charge in [0.05, 0.1) is 24.9 Å². The van der Waals surface area contributed by atoms with Gasteiger partial charge in [-0.1, -0.05) is 0 Å². The lowest BCUT2D eigenvalue weighted by Gasteiger charge is -2.30. The molecule has 172 valence electrons. The first-order valence-corrected chi connectivity index (χ1v) is 11.2. The summed E-state index contributed by atoms with van der Waals surface area (Å²) >= 11 is 0. The first kappa shape index (κ1) is 21.3. The van der Waals surface area contributed by atoms with Crippen LogP contribution >= 0.6 is 0 Å². The molecule has 2 aliphatic heterocycles. The Kier molecular flexibility index (Phi) is 5.91. The highest BCUT2D eigenvalue weighted by Gasteiger charge is 2.25. The average Bonchev–Trinajstić information content (AvgIpc) is 2.84. The molecular weight excluding hydrogens is 424 g/mol. The average molecular weight is 450 g/mol. The Bertz CT molecular complexity index is 1220. The van der Waals surface area contributed by atoms with Crippen LogP contribution in [0.25, 0.3) is 11.0 Å². The number of carbonyl (C=O) groups is 1. The van der Waals surface area contributed by atoms with Gasteiger partial charge in [-0.3, -0.25) is 14.6 Å². The van der Waals surface area contributed by atoms with Gasteiger partial charge in [-0.15, -0.1) is 0 Å². The van der Waals surface area contributed by atoms with Crippen molar-refractivity contribution in [2.45, 2.75) is 31.7 Å². The van der Waals surface area contributed by atoms with E-state index in [-0.39, 0.29) is 18.1 Å². The van der Waals surface area contributed by atoms with Crippen LogP contribution in [0.2, 0.25) is 0 Å². The fourth-order valence-electron chi connectivity index (χ4n) is 4.38. The molecule has 0 saturated heterocycles. The number of ether oxygens (including phenoxy) is 2. The first-order chi connectivity index (χ1) is 16.1. The number of amidine groups is 2. The van der Waals surface area contributed by atoms with Gasteiger partial charge in [0.15, 0.2) is 18.2 Å². The number of aryl methyl sites for hydroxylation is 1. The van der Waals surface area contributed by atoms with E-state index in [1.54, 1.807) is 30.1 Å². The molecule has 2 aromatic rings. The largest absolute Gasteiger partial charge is 0.491 e. The minimum atomic E-state index is -0.300. The van der Waals surface area contributed by atoms with Gasteiger partial charge in [0.2, 0.25) is 0 Å². The van der Waals surface area contributed by atoms with Crippen LogP contribution < -0.4 is 20.9 Å². The monoisotopic (exact) mass is 450 g/mol. The number of rotatable bonds is 6. The third-order valence-corrected chi connectivity index (χ3v) is 6.27. The quantitative estimate of drug-likeness (QED) is 0.680. The highest BCUT2D eigenvalue weighted by molar-refractivity contribution is 6.15. The van der Waals surface area contributed by atoms with Crippen LogP contribution in [-0.2, 0) is 16.6 Å². The molecule has 10 nitrogen and oxygen atoms in total. The van der Waals surface area contributed by atoms with E-state index in [2.05, 4.69) is 25.6 Å². The van der Waals surface area contributed by atoms with Crippen molar-refractivity contribution in [3.63, 3.8) is 0 Å². The standard InChI is InChI=1S/C23H26N6O4/c1-29-21(31)7-6-16-22(29)17(8-9-24-16)32-12-14-2-4-15(5-3-14)25-11-19-26-10-18-23(27-19)28-20(30)13-33-18/h6-10,14-15,25H,2-5,11-13H2,1H3,(H,26,27,28,30)/t14-,15-. The molecule has 1 aliphatic carbocycles. The van der Waals surface area contributed by atoms with Crippen molar-refractivity contribution < 1.29 is 14.3 Å². The summed E-state index contributed by atoms with van der Waals surface area (Å²) < 4.78 is 13.0. The predicted molar refractivity (Wildman–Crippen MR) is 123 cm³/mol. The molecule has 2 N–H and O–H groups in total. The predicted octanol–water partition coefficient (Wildman–Crippen LogP) is 1.26. The summed E-state index contributed by atoms with van der Waals surface area (Å²) in [4.78, 5) is 36.1. The number of aliphatic imine (C=N–C) groups is 2. The Morgan fingerprint density at radius 2 is 2.06 bits per heavy atom. The van der Waals surface area contributed by atoms with Gasteiger partial charge < -0.3 is 24.7 Å². The van der Waals surface area contributed by atoms with Gasteiger partial charge in [0.25, 0.3) is 11.5 Å². The molecule has 2 aromatic heterocycles. The highest BCUT2D eigenvalue weighted by atomic mass is 16.5. The lowest BCUT2D eigenvalue weighted by Crippen LogP contribution is -2.46. The Morgan fingerprint density at radius 1 is 1.21 bits per heavy atom. The van der Waals surface area contributed by atoms with Crippen molar-refractivity contribution in [1.82, 2.24) is 20.2 Å². The number of amides is 1. The van der Waals surface area contributed by atoms with Crippen LogP contribution in [-0.4, -0.2) is 52.9 Å². The van der Waals surface area contributed by atoms with Gasteiger partial charge in [-0.05, 0) is 37.7 Å². The van der Waals surface area contributed by atoms with Crippen LogP contribution in [0, 0.1) is 5.92 Å². The molecule has 4 heterocycles. The fraction of sp³-hybridized carbons (Fsp3) is 0.435. The van der Waals surface area contributed by atoms with Crippen molar-refractivity contribution in [3.05, 3.63) is 46.7 Å². The number of nitrogens with zero attached hydrogens (tertiary/aromatic N) is 4. The summed E-state index contributed by atoms with van der Waals surface area (Å²) in [5.74, 6) is 2.51. The number of hydrogen-bond acceptors (Lipinski definition) is 8. The molecule has 1 amide bonds. The molecule has 1 saturated carbocycles. The summed E-state index contributed by atoms with van der Waals surface area (Å²) in [6, 6.07) is 5.47. The summed E-state index contributed by atoms with van der Waals surface area (Å²) in [5, 5.41) is 6.61. The summed E-state index contributed by atoms with van der Waals surface area (Å²) in [6.45, 7) is 1.15. The van der Waals surface area contributed by atoms with E-state index in [9.17, 15) is 9.59 Å². The minimum Gasteiger partial charge on any atom is -0.491 e. The van der Waals surface area contributed by atoms with Gasteiger partial charge in [0, 0.05) is 31.4 Å². The van der Waals surface area contributed by atoms with Crippen LogP contribution in [0.4, 0.5) is 0 Å². The Balaban J connectivity index is 1.11. The van der Waals surface area contributed by atoms with Gasteiger partial charge >= 0.3 is 0 Å². The SMILES string of the molecule is Cn1c(=O)ccc2nccc(OC[C@H]3CC[C@H](NCC4=NC=C5OCC(=O)N=C5N4)CC3)c21. The molecular formula is C23H26N6O4. The van der Waals surface area contributed by atoms with Crippen molar-refractivity contribution in [2.75, 3.05) is 19.8 Å². The van der Waals surface area contributed by atoms with Gasteiger partial charge in [-0.25, -0.2) is 4.99 Å². The number of carbonyl (C=O) groups excluding carboxylic acids is 1.